The SMILES string of the molecule is CCCCCCC1CCc2ccccc2C1NCCC. The summed E-state index contributed by atoms with van der Waals surface area (Å²) in [6.45, 7) is 5.70. The molecule has 2 rings (SSSR count). The fourth-order valence-corrected chi connectivity index (χ4v) is 3.55. The van der Waals surface area contributed by atoms with Gasteiger partial charge in [-0.2, -0.15) is 0 Å². The van der Waals surface area contributed by atoms with Gasteiger partial charge in [0.1, 0.15) is 0 Å². The number of hydrogen-bond acceptors (Lipinski definition) is 1. The van der Waals surface area contributed by atoms with Gasteiger partial charge in [-0.3, -0.25) is 0 Å². The third-order valence-electron chi connectivity index (χ3n) is 4.69. The van der Waals surface area contributed by atoms with Crippen molar-refractivity contribution in [2.45, 2.75) is 71.3 Å². The standard InChI is InChI=1S/C19H31N/c1-3-5-6-7-11-17-14-13-16-10-8-9-12-18(16)19(17)20-15-4-2/h8-10,12,17,19-20H,3-7,11,13-15H2,1-2H3. The first kappa shape index (κ1) is 15.6. The Labute approximate surface area is 125 Å². The molecule has 1 aliphatic carbocycles. The summed E-state index contributed by atoms with van der Waals surface area (Å²) in [5.74, 6) is 0.841. The van der Waals surface area contributed by atoms with Crippen LogP contribution in [0.1, 0.15) is 76.0 Å². The first-order chi connectivity index (χ1) is 9.86. The van der Waals surface area contributed by atoms with Gasteiger partial charge in [-0.1, -0.05) is 63.8 Å². The highest BCUT2D eigenvalue weighted by molar-refractivity contribution is 5.33. The maximum atomic E-state index is 3.82. The first-order valence-electron chi connectivity index (χ1n) is 8.68. The van der Waals surface area contributed by atoms with Crippen molar-refractivity contribution in [3.05, 3.63) is 35.4 Å². The molecule has 1 aromatic rings. The molecule has 0 spiro atoms. The lowest BCUT2D eigenvalue weighted by Gasteiger charge is -2.34. The van der Waals surface area contributed by atoms with E-state index in [9.17, 15) is 0 Å². The Bertz CT molecular complexity index is 385. The summed E-state index contributed by atoms with van der Waals surface area (Å²) in [5.41, 5.74) is 3.15. The first-order valence-corrected chi connectivity index (χ1v) is 8.68. The summed E-state index contributed by atoms with van der Waals surface area (Å²) in [6, 6.07) is 9.67. The second-order valence-electron chi connectivity index (χ2n) is 6.28. The van der Waals surface area contributed by atoms with Crippen molar-refractivity contribution < 1.29 is 0 Å². The maximum Gasteiger partial charge on any atom is 0.0351 e. The molecular formula is C19H31N. The number of rotatable bonds is 8. The minimum absolute atomic E-state index is 0.599. The van der Waals surface area contributed by atoms with Crippen LogP contribution in [-0.2, 0) is 6.42 Å². The van der Waals surface area contributed by atoms with Crippen LogP contribution in [0, 0.1) is 5.92 Å². The van der Waals surface area contributed by atoms with Gasteiger partial charge in [-0.25, -0.2) is 0 Å². The molecule has 1 N–H and O–H groups in total. The van der Waals surface area contributed by atoms with E-state index in [0.717, 1.165) is 12.5 Å². The van der Waals surface area contributed by atoms with Crippen molar-refractivity contribution in [3.8, 4) is 0 Å². The Balaban J connectivity index is 2.00. The zero-order valence-electron chi connectivity index (χ0n) is 13.3. The molecule has 0 heterocycles. The third-order valence-corrected chi connectivity index (χ3v) is 4.69. The summed E-state index contributed by atoms with van der Waals surface area (Å²) < 4.78 is 0. The minimum atomic E-state index is 0.599. The van der Waals surface area contributed by atoms with Gasteiger partial charge in [0, 0.05) is 6.04 Å². The normalized spacial score (nSPS) is 21.7. The molecule has 0 aromatic heterocycles. The topological polar surface area (TPSA) is 12.0 Å². The van der Waals surface area contributed by atoms with E-state index in [1.165, 1.54) is 51.4 Å². The minimum Gasteiger partial charge on any atom is -0.310 e. The molecule has 0 saturated heterocycles. The second-order valence-corrected chi connectivity index (χ2v) is 6.28. The smallest absolute Gasteiger partial charge is 0.0351 e. The average molecular weight is 273 g/mol. The van der Waals surface area contributed by atoms with E-state index >= 15 is 0 Å². The maximum absolute atomic E-state index is 3.82. The van der Waals surface area contributed by atoms with Crippen molar-refractivity contribution in [3.63, 3.8) is 0 Å². The van der Waals surface area contributed by atoms with Gasteiger partial charge in [0.2, 0.25) is 0 Å². The second kappa shape index (κ2) is 8.46. The predicted molar refractivity (Wildman–Crippen MR) is 88.0 cm³/mol. The van der Waals surface area contributed by atoms with Gasteiger partial charge in [0.05, 0.1) is 0 Å². The lowest BCUT2D eigenvalue weighted by Crippen LogP contribution is -2.33. The van der Waals surface area contributed by atoms with Crippen LogP contribution in [0.5, 0.6) is 0 Å². The quantitative estimate of drug-likeness (QED) is 0.637. The van der Waals surface area contributed by atoms with Crippen LogP contribution in [0.15, 0.2) is 24.3 Å². The molecule has 2 atom stereocenters. The number of nitrogens with one attached hydrogen (secondary N) is 1. The van der Waals surface area contributed by atoms with E-state index in [0.29, 0.717) is 6.04 Å². The van der Waals surface area contributed by atoms with Gasteiger partial charge in [0.25, 0.3) is 0 Å². The van der Waals surface area contributed by atoms with Crippen LogP contribution < -0.4 is 5.32 Å². The van der Waals surface area contributed by atoms with Crippen LogP contribution in [-0.4, -0.2) is 6.54 Å². The molecule has 20 heavy (non-hydrogen) atoms. The Morgan fingerprint density at radius 1 is 1.05 bits per heavy atom. The van der Waals surface area contributed by atoms with Crippen LogP contribution in [0.2, 0.25) is 0 Å². The highest BCUT2D eigenvalue weighted by Gasteiger charge is 2.28. The molecule has 2 unspecified atom stereocenters. The fourth-order valence-electron chi connectivity index (χ4n) is 3.55. The van der Waals surface area contributed by atoms with Gasteiger partial charge < -0.3 is 5.32 Å². The molecule has 1 nitrogen and oxygen atoms in total. The van der Waals surface area contributed by atoms with Gasteiger partial charge in [-0.05, 0) is 49.3 Å². The molecule has 1 aliphatic rings. The van der Waals surface area contributed by atoms with Gasteiger partial charge in [0.15, 0.2) is 0 Å². The number of unbranched alkanes of at least 4 members (excludes halogenated alkanes) is 3. The summed E-state index contributed by atoms with van der Waals surface area (Å²) in [5, 5.41) is 3.82. The van der Waals surface area contributed by atoms with Crippen molar-refractivity contribution in [1.29, 1.82) is 0 Å². The summed E-state index contributed by atoms with van der Waals surface area (Å²) in [4.78, 5) is 0. The molecule has 0 amide bonds. The van der Waals surface area contributed by atoms with Gasteiger partial charge >= 0.3 is 0 Å². The van der Waals surface area contributed by atoms with E-state index in [1.807, 2.05) is 0 Å². The van der Waals surface area contributed by atoms with Gasteiger partial charge in [-0.15, -0.1) is 0 Å². The summed E-state index contributed by atoms with van der Waals surface area (Å²) in [7, 11) is 0. The molecule has 0 saturated carbocycles. The zero-order valence-corrected chi connectivity index (χ0v) is 13.3. The predicted octanol–water partition coefficient (Wildman–Crippen LogP) is 5.26. The fraction of sp³-hybridized carbons (Fsp3) is 0.684. The summed E-state index contributed by atoms with van der Waals surface area (Å²) >= 11 is 0. The molecule has 0 bridgehead atoms. The summed E-state index contributed by atoms with van der Waals surface area (Å²) in [6.07, 6.45) is 10.8. The van der Waals surface area contributed by atoms with E-state index < -0.39 is 0 Å². The molecule has 0 radical (unpaired) electrons. The zero-order chi connectivity index (χ0) is 14.2. The average Bonchev–Trinajstić information content (AvgIpc) is 2.50. The van der Waals surface area contributed by atoms with Crippen molar-refractivity contribution in [1.82, 2.24) is 5.32 Å². The Hall–Kier alpha value is -0.820. The molecule has 112 valence electrons. The monoisotopic (exact) mass is 273 g/mol. The molecule has 1 heteroatoms. The van der Waals surface area contributed by atoms with E-state index in [1.54, 1.807) is 11.1 Å². The van der Waals surface area contributed by atoms with E-state index in [-0.39, 0.29) is 0 Å². The lowest BCUT2D eigenvalue weighted by molar-refractivity contribution is 0.294. The highest BCUT2D eigenvalue weighted by Crippen LogP contribution is 2.37. The van der Waals surface area contributed by atoms with Crippen LogP contribution >= 0.6 is 0 Å². The Morgan fingerprint density at radius 2 is 1.90 bits per heavy atom. The Morgan fingerprint density at radius 3 is 2.70 bits per heavy atom. The van der Waals surface area contributed by atoms with Crippen molar-refractivity contribution in [2.75, 3.05) is 6.54 Å². The van der Waals surface area contributed by atoms with Crippen LogP contribution in [0.3, 0.4) is 0 Å². The molecule has 0 aliphatic heterocycles. The van der Waals surface area contributed by atoms with E-state index in [2.05, 4.69) is 43.4 Å². The number of fused-ring (bicyclic) bond motifs is 1. The molecule has 0 fully saturated rings. The number of benzene rings is 1. The lowest BCUT2D eigenvalue weighted by atomic mass is 9.77. The Kier molecular flexibility index (Phi) is 6.59. The number of aryl methyl sites for hydroxylation is 1. The van der Waals surface area contributed by atoms with Crippen molar-refractivity contribution >= 4 is 0 Å². The van der Waals surface area contributed by atoms with Crippen molar-refractivity contribution in [2.24, 2.45) is 5.92 Å². The molecular weight excluding hydrogens is 242 g/mol. The number of hydrogen-bond donors (Lipinski definition) is 1. The largest absolute Gasteiger partial charge is 0.310 e. The van der Waals surface area contributed by atoms with E-state index in [4.69, 9.17) is 0 Å². The third kappa shape index (κ3) is 4.09. The van der Waals surface area contributed by atoms with Crippen LogP contribution in [0.25, 0.3) is 0 Å². The van der Waals surface area contributed by atoms with Crippen LogP contribution in [0.4, 0.5) is 0 Å². The highest BCUT2D eigenvalue weighted by atomic mass is 14.9. The molecule has 1 aromatic carbocycles.